The molecule has 1 aromatic rings. The smallest absolute Gasteiger partial charge is 0.286 e. The Balaban J connectivity index is 2.25. The molecule has 1 aliphatic rings. The SMILES string of the molecule is O=C1SCCN1c1ccc(Cl)cc1. The van der Waals surface area contributed by atoms with Gasteiger partial charge in [0.15, 0.2) is 0 Å². The van der Waals surface area contributed by atoms with Crippen LogP contribution in [0.1, 0.15) is 0 Å². The number of nitrogens with zero attached hydrogens (tertiary/aromatic N) is 1. The Labute approximate surface area is 85.9 Å². The molecule has 0 atom stereocenters. The van der Waals surface area contributed by atoms with E-state index in [4.69, 9.17) is 11.6 Å². The third-order valence-electron chi connectivity index (χ3n) is 1.90. The molecule has 2 rings (SSSR count). The van der Waals surface area contributed by atoms with Gasteiger partial charge in [0, 0.05) is 23.0 Å². The fraction of sp³-hybridized carbons (Fsp3) is 0.222. The average molecular weight is 214 g/mol. The molecule has 68 valence electrons. The Kier molecular flexibility index (Phi) is 2.47. The molecule has 4 heteroatoms. The molecule has 1 aliphatic heterocycles. The molecule has 1 fully saturated rings. The lowest BCUT2D eigenvalue weighted by atomic mass is 10.3. The summed E-state index contributed by atoms with van der Waals surface area (Å²) in [6, 6.07) is 7.33. The molecule has 0 aliphatic carbocycles. The molecule has 0 saturated carbocycles. The summed E-state index contributed by atoms with van der Waals surface area (Å²) in [5.74, 6) is 0.876. The molecule has 0 bridgehead atoms. The van der Waals surface area contributed by atoms with E-state index in [1.54, 1.807) is 17.0 Å². The summed E-state index contributed by atoms with van der Waals surface area (Å²) in [7, 11) is 0. The molecule has 13 heavy (non-hydrogen) atoms. The van der Waals surface area contributed by atoms with Crippen molar-refractivity contribution in [2.75, 3.05) is 17.2 Å². The van der Waals surface area contributed by atoms with Gasteiger partial charge in [-0.25, -0.2) is 0 Å². The lowest BCUT2D eigenvalue weighted by Crippen LogP contribution is -2.21. The summed E-state index contributed by atoms with van der Waals surface area (Å²) < 4.78 is 0. The first-order valence-corrected chi connectivity index (χ1v) is 5.33. The van der Waals surface area contributed by atoms with Gasteiger partial charge in [-0.05, 0) is 24.3 Å². The van der Waals surface area contributed by atoms with Crippen molar-refractivity contribution in [1.82, 2.24) is 0 Å². The van der Waals surface area contributed by atoms with E-state index in [0.29, 0.717) is 5.02 Å². The molecule has 0 aromatic heterocycles. The summed E-state index contributed by atoms with van der Waals surface area (Å²) in [6.45, 7) is 0.797. The van der Waals surface area contributed by atoms with Gasteiger partial charge < -0.3 is 4.90 Å². The van der Waals surface area contributed by atoms with E-state index in [0.717, 1.165) is 18.0 Å². The number of hydrogen-bond donors (Lipinski definition) is 0. The van der Waals surface area contributed by atoms with Gasteiger partial charge in [0.2, 0.25) is 0 Å². The topological polar surface area (TPSA) is 20.3 Å². The number of carbonyl (C=O) groups excluding carboxylic acids is 1. The highest BCUT2D eigenvalue weighted by molar-refractivity contribution is 8.14. The van der Waals surface area contributed by atoms with Crippen molar-refractivity contribution in [1.29, 1.82) is 0 Å². The van der Waals surface area contributed by atoms with Crippen molar-refractivity contribution < 1.29 is 4.79 Å². The maximum absolute atomic E-state index is 11.3. The molecule has 0 spiro atoms. The summed E-state index contributed by atoms with van der Waals surface area (Å²) >= 11 is 7.10. The van der Waals surface area contributed by atoms with E-state index in [2.05, 4.69) is 0 Å². The molecular formula is C9H8ClNOS. The van der Waals surface area contributed by atoms with Gasteiger partial charge in [0.05, 0.1) is 0 Å². The molecule has 1 saturated heterocycles. The molecule has 0 radical (unpaired) electrons. The first-order valence-electron chi connectivity index (χ1n) is 3.97. The number of anilines is 1. The van der Waals surface area contributed by atoms with E-state index in [-0.39, 0.29) is 5.24 Å². The van der Waals surface area contributed by atoms with Crippen LogP contribution in [0.5, 0.6) is 0 Å². The number of amides is 1. The zero-order valence-electron chi connectivity index (χ0n) is 6.87. The Hall–Kier alpha value is -0.670. The largest absolute Gasteiger partial charge is 0.302 e. The van der Waals surface area contributed by atoms with E-state index in [9.17, 15) is 4.79 Å². The normalized spacial score (nSPS) is 16.7. The van der Waals surface area contributed by atoms with Crippen molar-refractivity contribution in [2.45, 2.75) is 0 Å². The summed E-state index contributed by atoms with van der Waals surface area (Å²) in [6.07, 6.45) is 0. The Bertz CT molecular complexity index is 325. The highest BCUT2D eigenvalue weighted by Gasteiger charge is 2.22. The van der Waals surface area contributed by atoms with Crippen molar-refractivity contribution >= 4 is 34.3 Å². The van der Waals surface area contributed by atoms with Crippen LogP contribution in [-0.2, 0) is 0 Å². The second kappa shape index (κ2) is 3.60. The Morgan fingerprint density at radius 2 is 2.00 bits per heavy atom. The van der Waals surface area contributed by atoms with Gasteiger partial charge in [-0.15, -0.1) is 0 Å². The second-order valence-electron chi connectivity index (χ2n) is 2.74. The number of halogens is 1. The van der Waals surface area contributed by atoms with Gasteiger partial charge in [0.25, 0.3) is 5.24 Å². The van der Waals surface area contributed by atoms with Crippen LogP contribution in [0, 0.1) is 0 Å². The van der Waals surface area contributed by atoms with E-state index < -0.39 is 0 Å². The van der Waals surface area contributed by atoms with Crippen LogP contribution in [0.15, 0.2) is 24.3 Å². The fourth-order valence-corrected chi connectivity index (χ4v) is 2.18. The fourth-order valence-electron chi connectivity index (χ4n) is 1.25. The summed E-state index contributed by atoms with van der Waals surface area (Å²) in [5.41, 5.74) is 0.930. The zero-order valence-corrected chi connectivity index (χ0v) is 8.44. The van der Waals surface area contributed by atoms with Crippen LogP contribution in [0.25, 0.3) is 0 Å². The number of benzene rings is 1. The Morgan fingerprint density at radius 3 is 2.54 bits per heavy atom. The van der Waals surface area contributed by atoms with Crippen molar-refractivity contribution in [3.8, 4) is 0 Å². The quantitative estimate of drug-likeness (QED) is 0.715. The van der Waals surface area contributed by atoms with Gasteiger partial charge in [-0.3, -0.25) is 4.79 Å². The van der Waals surface area contributed by atoms with Crippen LogP contribution in [-0.4, -0.2) is 17.5 Å². The first-order chi connectivity index (χ1) is 6.27. The lowest BCUT2D eigenvalue weighted by Gasteiger charge is -2.13. The minimum absolute atomic E-state index is 0.127. The zero-order chi connectivity index (χ0) is 9.26. The van der Waals surface area contributed by atoms with Gasteiger partial charge >= 0.3 is 0 Å². The Morgan fingerprint density at radius 1 is 1.31 bits per heavy atom. The monoisotopic (exact) mass is 213 g/mol. The lowest BCUT2D eigenvalue weighted by molar-refractivity contribution is 0.266. The number of hydrogen-bond acceptors (Lipinski definition) is 2. The third-order valence-corrected chi connectivity index (χ3v) is 3.01. The number of thioether (sulfide) groups is 1. The van der Waals surface area contributed by atoms with Gasteiger partial charge in [0.1, 0.15) is 0 Å². The highest BCUT2D eigenvalue weighted by Crippen LogP contribution is 2.25. The molecule has 0 N–H and O–H groups in total. The highest BCUT2D eigenvalue weighted by atomic mass is 35.5. The van der Waals surface area contributed by atoms with Crippen LogP contribution >= 0.6 is 23.4 Å². The molecule has 1 aromatic carbocycles. The van der Waals surface area contributed by atoms with Crippen LogP contribution in [0.3, 0.4) is 0 Å². The summed E-state index contributed by atoms with van der Waals surface area (Å²) in [5, 5.41) is 0.824. The van der Waals surface area contributed by atoms with Gasteiger partial charge in [-0.2, -0.15) is 0 Å². The maximum Gasteiger partial charge on any atom is 0.286 e. The predicted molar refractivity (Wildman–Crippen MR) is 56.7 cm³/mol. The molecular weight excluding hydrogens is 206 g/mol. The van der Waals surface area contributed by atoms with Crippen molar-refractivity contribution in [2.24, 2.45) is 0 Å². The van der Waals surface area contributed by atoms with Gasteiger partial charge in [-0.1, -0.05) is 23.4 Å². The molecule has 2 nitrogen and oxygen atoms in total. The first kappa shape index (κ1) is 8.91. The van der Waals surface area contributed by atoms with E-state index in [1.807, 2.05) is 12.1 Å². The molecule has 1 heterocycles. The average Bonchev–Trinajstić information content (AvgIpc) is 2.53. The minimum atomic E-state index is 0.127. The standard InChI is InChI=1S/C9H8ClNOS/c10-7-1-3-8(4-2-7)11-5-6-13-9(11)12/h1-4H,5-6H2. The summed E-state index contributed by atoms with van der Waals surface area (Å²) in [4.78, 5) is 13.1. The predicted octanol–water partition coefficient (Wildman–Crippen LogP) is 3.01. The van der Waals surface area contributed by atoms with E-state index in [1.165, 1.54) is 11.8 Å². The van der Waals surface area contributed by atoms with Crippen molar-refractivity contribution in [3.05, 3.63) is 29.3 Å². The van der Waals surface area contributed by atoms with Crippen LogP contribution in [0.2, 0.25) is 5.02 Å². The van der Waals surface area contributed by atoms with E-state index >= 15 is 0 Å². The van der Waals surface area contributed by atoms with Crippen LogP contribution in [0.4, 0.5) is 10.5 Å². The van der Waals surface area contributed by atoms with Crippen molar-refractivity contribution in [3.63, 3.8) is 0 Å². The van der Waals surface area contributed by atoms with Crippen LogP contribution < -0.4 is 4.90 Å². The number of rotatable bonds is 1. The number of carbonyl (C=O) groups is 1. The molecule has 0 unspecified atom stereocenters. The second-order valence-corrected chi connectivity index (χ2v) is 4.23. The third kappa shape index (κ3) is 1.81. The molecule has 1 amide bonds. The minimum Gasteiger partial charge on any atom is -0.302 e. The maximum atomic E-state index is 11.3.